The lowest BCUT2D eigenvalue weighted by molar-refractivity contribution is 0.284. The van der Waals surface area contributed by atoms with Crippen LogP contribution in [0.1, 0.15) is 6.42 Å². The van der Waals surface area contributed by atoms with Gasteiger partial charge in [-0.3, -0.25) is 8.74 Å². The van der Waals surface area contributed by atoms with Gasteiger partial charge in [-0.2, -0.15) is 4.21 Å². The van der Waals surface area contributed by atoms with E-state index >= 15 is 0 Å². The van der Waals surface area contributed by atoms with E-state index in [1.54, 1.807) is 12.1 Å². The first-order valence-corrected chi connectivity index (χ1v) is 8.28. The third-order valence-corrected chi connectivity index (χ3v) is 2.94. The lowest BCUT2D eigenvalue weighted by Gasteiger charge is -2.06. The molecule has 1 aromatic heterocycles. The standard InChI is InChI=1S/C10H15ClN2O4S2/c11-9-2-3-10(13-8-9)16-6-1-4-12-5-7-17-19(14,15)18/h2-3,8,12H,1,4-7H2,(H,14,15,18). The average Bonchev–Trinajstić information content (AvgIpc) is 2.33. The highest BCUT2D eigenvalue weighted by molar-refractivity contribution is 8.27. The number of aromatic nitrogens is 1. The molecule has 1 unspecified atom stereocenters. The second-order valence-corrected chi connectivity index (χ2v) is 6.31. The minimum Gasteiger partial charge on any atom is -0.478 e. The van der Waals surface area contributed by atoms with Crippen LogP contribution in [0.15, 0.2) is 18.3 Å². The van der Waals surface area contributed by atoms with Crippen molar-refractivity contribution in [2.75, 3.05) is 26.3 Å². The van der Waals surface area contributed by atoms with Gasteiger partial charge in [-0.15, -0.1) is 0 Å². The topological polar surface area (TPSA) is 80.7 Å². The van der Waals surface area contributed by atoms with Crippen LogP contribution in [0.5, 0.6) is 5.88 Å². The van der Waals surface area contributed by atoms with Gasteiger partial charge >= 0.3 is 0 Å². The van der Waals surface area contributed by atoms with Gasteiger partial charge in [0.05, 0.1) is 18.2 Å². The zero-order valence-corrected chi connectivity index (χ0v) is 12.5. The van der Waals surface area contributed by atoms with E-state index in [9.17, 15) is 4.21 Å². The van der Waals surface area contributed by atoms with Gasteiger partial charge in [0.2, 0.25) is 5.88 Å². The lowest BCUT2D eigenvalue weighted by Crippen LogP contribution is -2.23. The van der Waals surface area contributed by atoms with Gasteiger partial charge < -0.3 is 10.1 Å². The lowest BCUT2D eigenvalue weighted by atomic mass is 10.4. The van der Waals surface area contributed by atoms with Crippen LogP contribution in [0.2, 0.25) is 5.02 Å². The zero-order chi connectivity index (χ0) is 14.1. The molecule has 1 aromatic rings. The number of nitrogens with zero attached hydrogens (tertiary/aromatic N) is 1. The average molecular weight is 327 g/mol. The van der Waals surface area contributed by atoms with Gasteiger partial charge in [0, 0.05) is 30.0 Å². The molecule has 6 nitrogen and oxygen atoms in total. The van der Waals surface area contributed by atoms with Crippen LogP contribution in [0, 0.1) is 0 Å². The van der Waals surface area contributed by atoms with Crippen molar-refractivity contribution in [3.63, 3.8) is 0 Å². The van der Waals surface area contributed by atoms with Gasteiger partial charge in [0.1, 0.15) is 0 Å². The number of halogens is 1. The number of nitrogens with one attached hydrogen (secondary N) is 1. The molecule has 2 N–H and O–H groups in total. The summed E-state index contributed by atoms with van der Waals surface area (Å²) < 4.78 is 29.1. The number of ether oxygens (including phenoxy) is 1. The first kappa shape index (κ1) is 16.5. The predicted octanol–water partition coefficient (Wildman–Crippen LogP) is 1.24. The molecule has 0 fully saturated rings. The normalized spacial score (nSPS) is 14.0. The molecular formula is C10H15ClN2O4S2. The summed E-state index contributed by atoms with van der Waals surface area (Å²) in [6.07, 6.45) is 2.29. The number of rotatable bonds is 9. The predicted molar refractivity (Wildman–Crippen MR) is 76.3 cm³/mol. The maximum absolute atomic E-state index is 10.6. The maximum Gasteiger partial charge on any atom is 0.266 e. The van der Waals surface area contributed by atoms with Gasteiger partial charge in [-0.1, -0.05) is 11.6 Å². The molecule has 0 aliphatic rings. The van der Waals surface area contributed by atoms with Crippen molar-refractivity contribution < 1.29 is 17.7 Å². The summed E-state index contributed by atoms with van der Waals surface area (Å²) in [5.41, 5.74) is 0. The Morgan fingerprint density at radius 1 is 1.42 bits per heavy atom. The Bertz CT molecular complexity index is 467. The minimum atomic E-state index is -3.51. The highest BCUT2D eigenvalue weighted by Gasteiger charge is 1.98. The second-order valence-electron chi connectivity index (χ2n) is 3.52. The van der Waals surface area contributed by atoms with E-state index < -0.39 is 9.05 Å². The highest BCUT2D eigenvalue weighted by atomic mass is 35.5. The summed E-state index contributed by atoms with van der Waals surface area (Å²) in [6.45, 7) is 1.76. The van der Waals surface area contributed by atoms with E-state index in [0.717, 1.165) is 6.42 Å². The van der Waals surface area contributed by atoms with E-state index in [2.05, 4.69) is 25.7 Å². The van der Waals surface area contributed by atoms with Gasteiger partial charge in [0.15, 0.2) is 0 Å². The fraction of sp³-hybridized carbons (Fsp3) is 0.500. The van der Waals surface area contributed by atoms with E-state index in [4.69, 9.17) is 20.9 Å². The Labute approximate surface area is 122 Å². The molecule has 0 amide bonds. The van der Waals surface area contributed by atoms with E-state index in [1.807, 2.05) is 0 Å². The van der Waals surface area contributed by atoms with Crippen molar-refractivity contribution in [2.45, 2.75) is 6.42 Å². The molecule has 0 bridgehead atoms. The van der Waals surface area contributed by atoms with Crippen LogP contribution < -0.4 is 10.1 Å². The third kappa shape index (κ3) is 9.09. The number of pyridine rings is 1. The Hall–Kier alpha value is -0.510. The Morgan fingerprint density at radius 3 is 2.84 bits per heavy atom. The summed E-state index contributed by atoms with van der Waals surface area (Å²) >= 11 is 9.86. The highest BCUT2D eigenvalue weighted by Crippen LogP contribution is 2.11. The van der Waals surface area contributed by atoms with Crippen molar-refractivity contribution in [3.05, 3.63) is 23.4 Å². The molecule has 19 heavy (non-hydrogen) atoms. The molecule has 0 saturated carbocycles. The molecule has 0 saturated heterocycles. The quantitative estimate of drug-likeness (QED) is 0.661. The van der Waals surface area contributed by atoms with E-state index in [-0.39, 0.29) is 6.61 Å². The molecule has 108 valence electrons. The monoisotopic (exact) mass is 326 g/mol. The first-order valence-electron chi connectivity index (χ1n) is 5.54. The molecule has 1 rings (SSSR count). The van der Waals surface area contributed by atoms with Gasteiger partial charge in [-0.25, -0.2) is 4.98 Å². The summed E-state index contributed by atoms with van der Waals surface area (Å²) in [6, 6.07) is 3.41. The van der Waals surface area contributed by atoms with Crippen molar-refractivity contribution >= 4 is 31.8 Å². The van der Waals surface area contributed by atoms with Gasteiger partial charge in [0.25, 0.3) is 9.05 Å². The van der Waals surface area contributed by atoms with Crippen LogP contribution in [-0.2, 0) is 24.4 Å². The molecule has 0 aromatic carbocycles. The molecule has 0 aliphatic heterocycles. The van der Waals surface area contributed by atoms with Crippen LogP contribution in [0.4, 0.5) is 0 Å². The zero-order valence-electron chi connectivity index (χ0n) is 10.1. The largest absolute Gasteiger partial charge is 0.478 e. The summed E-state index contributed by atoms with van der Waals surface area (Å²) in [7, 11) is -3.51. The number of hydrogen-bond donors (Lipinski definition) is 2. The number of hydrogen-bond acceptors (Lipinski definition) is 6. The molecule has 1 heterocycles. The van der Waals surface area contributed by atoms with E-state index in [0.29, 0.717) is 30.6 Å². The maximum atomic E-state index is 10.6. The molecule has 0 spiro atoms. The Kier molecular flexibility index (Phi) is 7.51. The van der Waals surface area contributed by atoms with Crippen molar-refractivity contribution in [2.24, 2.45) is 0 Å². The van der Waals surface area contributed by atoms with Crippen molar-refractivity contribution in [1.82, 2.24) is 10.3 Å². The Morgan fingerprint density at radius 2 is 2.21 bits per heavy atom. The first-order chi connectivity index (χ1) is 8.97. The van der Waals surface area contributed by atoms with Crippen LogP contribution in [0.25, 0.3) is 0 Å². The summed E-state index contributed by atoms with van der Waals surface area (Å²) in [5.74, 6) is 0.527. The Balaban J connectivity index is 1.98. The fourth-order valence-corrected chi connectivity index (χ4v) is 1.78. The van der Waals surface area contributed by atoms with E-state index in [1.165, 1.54) is 6.20 Å². The second kappa shape index (κ2) is 8.62. The minimum absolute atomic E-state index is 0.0957. The third-order valence-electron chi connectivity index (χ3n) is 1.96. The summed E-state index contributed by atoms with van der Waals surface area (Å²) in [4.78, 5) is 3.99. The van der Waals surface area contributed by atoms with Gasteiger partial charge in [-0.05, 0) is 19.0 Å². The molecule has 0 radical (unpaired) electrons. The van der Waals surface area contributed by atoms with Crippen LogP contribution >= 0.6 is 11.6 Å². The van der Waals surface area contributed by atoms with Crippen LogP contribution in [-0.4, -0.2) is 40.0 Å². The molecule has 1 atom stereocenters. The summed E-state index contributed by atoms with van der Waals surface area (Å²) in [5, 5.41) is 3.59. The van der Waals surface area contributed by atoms with Crippen LogP contribution in [0.3, 0.4) is 0 Å². The molecular weight excluding hydrogens is 312 g/mol. The van der Waals surface area contributed by atoms with Crippen molar-refractivity contribution in [1.29, 1.82) is 0 Å². The van der Waals surface area contributed by atoms with Crippen molar-refractivity contribution in [3.8, 4) is 5.88 Å². The molecule has 9 heteroatoms. The smallest absolute Gasteiger partial charge is 0.266 e. The SMILES string of the molecule is O=S(O)(=S)OCCNCCCOc1ccc(Cl)cn1. The fourth-order valence-electron chi connectivity index (χ4n) is 1.17. The molecule has 0 aliphatic carbocycles.